The molecule has 0 spiro atoms. The summed E-state index contributed by atoms with van der Waals surface area (Å²) in [5.41, 5.74) is 8.01. The second-order valence-electron chi connectivity index (χ2n) is 7.78. The number of halogens is 3. The Kier molecular flexibility index (Phi) is 6.92. The second-order valence-corrected chi connectivity index (χ2v) is 9.91. The molecular formula is C21H21Cl3N4OS. The third-order valence-corrected chi connectivity index (χ3v) is 5.98. The van der Waals surface area contributed by atoms with Gasteiger partial charge in [0.2, 0.25) is 0 Å². The highest BCUT2D eigenvalue weighted by Crippen LogP contribution is 2.31. The third kappa shape index (κ3) is 5.43. The maximum absolute atomic E-state index is 13.0. The summed E-state index contributed by atoms with van der Waals surface area (Å²) < 4.78 is 4.45. The molecule has 0 saturated carbocycles. The lowest BCUT2D eigenvalue weighted by Crippen LogP contribution is -2.21. The Labute approximate surface area is 195 Å². The van der Waals surface area contributed by atoms with E-state index >= 15 is 0 Å². The van der Waals surface area contributed by atoms with E-state index in [2.05, 4.69) is 9.82 Å². The zero-order valence-electron chi connectivity index (χ0n) is 16.7. The van der Waals surface area contributed by atoms with Crippen LogP contribution >= 0.6 is 46.8 Å². The summed E-state index contributed by atoms with van der Waals surface area (Å²) in [5, 5.41) is 5.93. The fraction of sp³-hybridized carbons (Fsp3) is 0.238. The van der Waals surface area contributed by atoms with E-state index < -0.39 is 0 Å². The number of carbonyl (C=O) groups is 1. The maximum Gasteiger partial charge on any atom is 0.279 e. The molecule has 3 aromatic rings. The Hall–Kier alpha value is -1.86. The molecule has 1 amide bonds. The highest BCUT2D eigenvalue weighted by Gasteiger charge is 2.24. The molecule has 0 saturated heterocycles. The van der Waals surface area contributed by atoms with E-state index in [1.165, 1.54) is 11.9 Å². The van der Waals surface area contributed by atoms with Crippen LogP contribution in [0.3, 0.4) is 0 Å². The summed E-state index contributed by atoms with van der Waals surface area (Å²) in [5.74, 6) is -0.286. The van der Waals surface area contributed by atoms with E-state index in [1.807, 2.05) is 32.9 Å². The van der Waals surface area contributed by atoms with Gasteiger partial charge in [0, 0.05) is 36.6 Å². The minimum Gasteiger partial charge on any atom is -0.399 e. The number of anilines is 1. The summed E-state index contributed by atoms with van der Waals surface area (Å²) >= 11 is 19.9. The minimum atomic E-state index is -0.286. The van der Waals surface area contributed by atoms with Crippen LogP contribution in [0.15, 0.2) is 47.4 Å². The van der Waals surface area contributed by atoms with Gasteiger partial charge in [-0.2, -0.15) is 5.10 Å². The molecule has 0 aliphatic carbocycles. The molecule has 0 aliphatic rings. The number of nitrogen functional groups attached to an aromatic ring is 1. The Morgan fingerprint density at radius 1 is 1.13 bits per heavy atom. The summed E-state index contributed by atoms with van der Waals surface area (Å²) in [6, 6.07) is 12.3. The highest BCUT2D eigenvalue weighted by atomic mass is 35.5. The van der Waals surface area contributed by atoms with E-state index in [9.17, 15) is 4.79 Å². The molecular weight excluding hydrogens is 463 g/mol. The normalized spacial score (nSPS) is 11.5. The smallest absolute Gasteiger partial charge is 0.279 e. The van der Waals surface area contributed by atoms with Crippen molar-refractivity contribution in [2.24, 2.45) is 0 Å². The van der Waals surface area contributed by atoms with Gasteiger partial charge in [-0.05, 0) is 48.3 Å². The molecule has 30 heavy (non-hydrogen) atoms. The Balaban J connectivity index is 1.91. The minimum absolute atomic E-state index is 0.233. The molecule has 0 bridgehead atoms. The number of rotatable bonds is 5. The summed E-state index contributed by atoms with van der Waals surface area (Å²) in [6.07, 6.45) is 0. The van der Waals surface area contributed by atoms with Crippen molar-refractivity contribution in [3.05, 3.63) is 74.5 Å². The van der Waals surface area contributed by atoms with E-state index in [0.29, 0.717) is 32.0 Å². The van der Waals surface area contributed by atoms with Crippen LogP contribution in [0.1, 0.15) is 42.5 Å². The molecule has 5 nitrogen and oxygen atoms in total. The number of aromatic nitrogens is 2. The fourth-order valence-electron chi connectivity index (χ4n) is 2.70. The van der Waals surface area contributed by atoms with Gasteiger partial charge in [0.05, 0.1) is 12.2 Å². The van der Waals surface area contributed by atoms with Crippen LogP contribution in [0.4, 0.5) is 5.69 Å². The van der Waals surface area contributed by atoms with Crippen molar-refractivity contribution in [3.63, 3.8) is 0 Å². The van der Waals surface area contributed by atoms with Gasteiger partial charge in [0.25, 0.3) is 5.91 Å². The first-order valence-corrected chi connectivity index (χ1v) is 11.0. The largest absolute Gasteiger partial charge is 0.399 e. The predicted molar refractivity (Wildman–Crippen MR) is 126 cm³/mol. The zero-order valence-corrected chi connectivity index (χ0v) is 19.8. The topological polar surface area (TPSA) is 72.9 Å². The molecule has 0 unspecified atom stereocenters. The quantitative estimate of drug-likeness (QED) is 0.334. The molecule has 9 heteroatoms. The van der Waals surface area contributed by atoms with Gasteiger partial charge in [-0.3, -0.25) is 14.2 Å². The molecule has 0 atom stereocenters. The second kappa shape index (κ2) is 9.10. The van der Waals surface area contributed by atoms with Gasteiger partial charge in [-0.1, -0.05) is 61.6 Å². The van der Waals surface area contributed by atoms with Crippen LogP contribution in [0.25, 0.3) is 0 Å². The van der Waals surface area contributed by atoms with Gasteiger partial charge in [-0.25, -0.2) is 0 Å². The Morgan fingerprint density at radius 2 is 1.80 bits per heavy atom. The SMILES string of the molecule is CC(C)(C)c1cc(C(=O)NSc2cccc(N)c2)n(Cc2c(Cl)cc(Cl)cc2Cl)n1. The van der Waals surface area contributed by atoms with Crippen molar-refractivity contribution in [1.29, 1.82) is 0 Å². The number of hydrogen-bond acceptors (Lipinski definition) is 4. The van der Waals surface area contributed by atoms with E-state index in [4.69, 9.17) is 40.5 Å². The van der Waals surface area contributed by atoms with Crippen LogP contribution in [-0.4, -0.2) is 15.7 Å². The molecule has 3 N–H and O–H groups in total. The molecule has 0 aliphatic heterocycles. The van der Waals surface area contributed by atoms with Crippen molar-refractivity contribution in [1.82, 2.24) is 14.5 Å². The van der Waals surface area contributed by atoms with E-state index in [1.54, 1.807) is 35.0 Å². The summed E-state index contributed by atoms with van der Waals surface area (Å²) in [6.45, 7) is 6.33. The number of nitrogens with one attached hydrogen (secondary N) is 1. The molecule has 2 aromatic carbocycles. The lowest BCUT2D eigenvalue weighted by atomic mass is 9.92. The molecule has 0 fully saturated rings. The number of nitrogens with zero attached hydrogens (tertiary/aromatic N) is 2. The Morgan fingerprint density at radius 3 is 2.40 bits per heavy atom. The number of carbonyl (C=O) groups excluding carboxylic acids is 1. The van der Waals surface area contributed by atoms with Gasteiger partial charge < -0.3 is 5.73 Å². The predicted octanol–water partition coefficient (Wildman–Crippen LogP) is 6.21. The van der Waals surface area contributed by atoms with E-state index in [-0.39, 0.29) is 17.9 Å². The van der Waals surface area contributed by atoms with Gasteiger partial charge in [0.1, 0.15) is 5.69 Å². The van der Waals surface area contributed by atoms with Gasteiger partial charge in [0.15, 0.2) is 0 Å². The van der Waals surface area contributed by atoms with Crippen molar-refractivity contribution >= 4 is 58.3 Å². The molecule has 3 rings (SSSR count). The number of hydrogen-bond donors (Lipinski definition) is 2. The lowest BCUT2D eigenvalue weighted by molar-refractivity contribution is 0.0974. The Bertz CT molecular complexity index is 1070. The number of benzene rings is 2. The number of nitrogens with two attached hydrogens (primary N) is 1. The highest BCUT2D eigenvalue weighted by molar-refractivity contribution is 7.98. The van der Waals surface area contributed by atoms with Crippen molar-refractivity contribution in [2.45, 2.75) is 37.6 Å². The fourth-order valence-corrected chi connectivity index (χ4v) is 4.29. The number of amides is 1. The van der Waals surface area contributed by atoms with Crippen LogP contribution < -0.4 is 10.5 Å². The standard InChI is InChI=1S/C21H21Cl3N4OS/c1-21(2,3)19-10-18(20(29)27-30-14-6-4-5-13(25)9-14)28(26-19)11-15-16(23)7-12(22)8-17(15)24/h4-10H,11,25H2,1-3H3,(H,27,29). The molecule has 1 heterocycles. The van der Waals surface area contributed by atoms with Gasteiger partial charge >= 0.3 is 0 Å². The monoisotopic (exact) mass is 482 g/mol. The van der Waals surface area contributed by atoms with E-state index in [0.717, 1.165) is 10.6 Å². The zero-order chi connectivity index (χ0) is 22.1. The first-order chi connectivity index (χ1) is 14.0. The van der Waals surface area contributed by atoms with Crippen molar-refractivity contribution in [2.75, 3.05) is 5.73 Å². The summed E-state index contributed by atoms with van der Waals surface area (Å²) in [4.78, 5) is 13.8. The van der Waals surface area contributed by atoms with Crippen molar-refractivity contribution < 1.29 is 4.79 Å². The summed E-state index contributed by atoms with van der Waals surface area (Å²) in [7, 11) is 0. The lowest BCUT2D eigenvalue weighted by Gasteiger charge is -2.14. The first-order valence-electron chi connectivity index (χ1n) is 9.09. The van der Waals surface area contributed by atoms with Crippen LogP contribution in [-0.2, 0) is 12.0 Å². The maximum atomic E-state index is 13.0. The van der Waals surface area contributed by atoms with Crippen LogP contribution in [0, 0.1) is 0 Å². The average molecular weight is 484 g/mol. The third-order valence-electron chi connectivity index (χ3n) is 4.31. The van der Waals surface area contributed by atoms with Gasteiger partial charge in [-0.15, -0.1) is 0 Å². The molecule has 1 aromatic heterocycles. The molecule has 158 valence electrons. The van der Waals surface area contributed by atoms with Crippen LogP contribution in [0.5, 0.6) is 0 Å². The molecule has 0 radical (unpaired) electrons. The van der Waals surface area contributed by atoms with Crippen LogP contribution in [0.2, 0.25) is 15.1 Å². The first kappa shape index (κ1) is 22.8. The van der Waals surface area contributed by atoms with Crippen molar-refractivity contribution in [3.8, 4) is 0 Å². The average Bonchev–Trinajstić information content (AvgIpc) is 3.07.